The molecule has 1 aliphatic rings. The fraction of sp³-hybridized carbons (Fsp3) is 0.917. The minimum absolute atomic E-state index is 0.0883. The van der Waals surface area contributed by atoms with Gasteiger partial charge in [-0.25, -0.2) is 0 Å². The van der Waals surface area contributed by atoms with Crippen LogP contribution in [0.3, 0.4) is 0 Å². The van der Waals surface area contributed by atoms with Crippen LogP contribution in [0.4, 0.5) is 0 Å². The first-order valence-electron chi connectivity index (χ1n) is 5.99. The van der Waals surface area contributed by atoms with Crippen LogP contribution < -0.4 is 0 Å². The first-order valence-corrected chi connectivity index (χ1v) is 8.77. The number of hydrogen-bond acceptors (Lipinski definition) is 2. The van der Waals surface area contributed by atoms with E-state index in [4.69, 9.17) is 4.43 Å². The summed E-state index contributed by atoms with van der Waals surface area (Å²) in [5.74, 6) is 0.963. The third kappa shape index (κ3) is 3.72. The third-order valence-corrected chi connectivity index (χ3v) is 4.13. The molecular weight excluding hydrogens is 204 g/mol. The third-order valence-electron chi connectivity index (χ3n) is 3.26. The Hall–Kier alpha value is -0.153. The minimum atomic E-state index is -1.08. The summed E-state index contributed by atoms with van der Waals surface area (Å²) in [6.45, 7) is 11.0. The van der Waals surface area contributed by atoms with Crippen molar-refractivity contribution in [1.29, 1.82) is 0 Å². The van der Waals surface area contributed by atoms with Gasteiger partial charge in [0.15, 0.2) is 14.8 Å². The molecule has 0 amide bonds. The number of ketones is 1. The fourth-order valence-electron chi connectivity index (χ4n) is 2.23. The molecule has 1 fully saturated rings. The molecule has 0 heterocycles. The molecule has 0 aromatic carbocycles. The molecule has 1 aliphatic carbocycles. The number of carbonyl (C=O) groups is 1. The second-order valence-electron chi connectivity index (χ2n) is 5.98. The largest absolute Gasteiger partial charge is 0.411 e. The van der Waals surface area contributed by atoms with Crippen molar-refractivity contribution in [2.24, 2.45) is 11.3 Å². The van der Waals surface area contributed by atoms with E-state index in [-0.39, 0.29) is 6.10 Å². The molecule has 15 heavy (non-hydrogen) atoms. The molecule has 1 rings (SSSR count). The topological polar surface area (TPSA) is 26.3 Å². The van der Waals surface area contributed by atoms with Crippen LogP contribution in [0.25, 0.3) is 0 Å². The number of hydrogen-bond donors (Lipinski definition) is 0. The molecule has 2 unspecified atom stereocenters. The fourth-order valence-corrected chi connectivity index (χ4v) is 3.15. The van der Waals surface area contributed by atoms with E-state index in [0.29, 0.717) is 23.5 Å². The molecule has 0 aliphatic heterocycles. The van der Waals surface area contributed by atoms with Gasteiger partial charge >= 0.3 is 0 Å². The van der Waals surface area contributed by atoms with E-state index in [9.17, 15) is 4.79 Å². The van der Waals surface area contributed by atoms with Gasteiger partial charge in [-0.1, -0.05) is 20.8 Å². The molecule has 0 saturated heterocycles. The van der Waals surface area contributed by atoms with Crippen molar-refractivity contribution < 1.29 is 9.22 Å². The Morgan fingerprint density at radius 1 is 1.33 bits per heavy atom. The highest BCUT2D eigenvalue weighted by Crippen LogP contribution is 2.37. The van der Waals surface area contributed by atoms with Crippen LogP contribution in [0.2, 0.25) is 13.1 Å². The van der Waals surface area contributed by atoms with Crippen molar-refractivity contribution in [2.75, 3.05) is 0 Å². The Balaban J connectivity index is 2.60. The van der Waals surface area contributed by atoms with Gasteiger partial charge in [-0.15, -0.1) is 0 Å². The molecule has 3 heteroatoms. The lowest BCUT2D eigenvalue weighted by atomic mass is 9.71. The highest BCUT2D eigenvalue weighted by atomic mass is 28.3. The summed E-state index contributed by atoms with van der Waals surface area (Å²) in [5.41, 5.74) is 0.306. The smallest absolute Gasteiger partial charge is 0.171 e. The van der Waals surface area contributed by atoms with Gasteiger partial charge in [-0.05, 0) is 37.3 Å². The number of Topliss-reactive ketones (excluding diaryl/α,β-unsaturated/α-hetero) is 1. The lowest BCUT2D eigenvalue weighted by Gasteiger charge is -2.37. The summed E-state index contributed by atoms with van der Waals surface area (Å²) < 4.78 is 5.82. The average molecular weight is 228 g/mol. The predicted molar refractivity (Wildman–Crippen MR) is 65.6 cm³/mol. The summed E-state index contributed by atoms with van der Waals surface area (Å²) in [7, 11) is -1.08. The monoisotopic (exact) mass is 228 g/mol. The van der Waals surface area contributed by atoms with Crippen LogP contribution in [0.5, 0.6) is 0 Å². The molecule has 2 nitrogen and oxygen atoms in total. The second-order valence-corrected chi connectivity index (χ2v) is 8.35. The van der Waals surface area contributed by atoms with E-state index in [1.54, 1.807) is 0 Å². The predicted octanol–water partition coefficient (Wildman–Crippen LogP) is 2.77. The van der Waals surface area contributed by atoms with Crippen molar-refractivity contribution in [1.82, 2.24) is 0 Å². The zero-order chi connectivity index (χ0) is 11.6. The molecule has 0 radical (unpaired) electrons. The maximum absolute atomic E-state index is 11.7. The van der Waals surface area contributed by atoms with Crippen molar-refractivity contribution in [2.45, 2.75) is 59.2 Å². The Morgan fingerprint density at radius 3 is 2.40 bits per heavy atom. The van der Waals surface area contributed by atoms with E-state index in [1.165, 1.54) is 0 Å². The van der Waals surface area contributed by atoms with Crippen molar-refractivity contribution in [3.05, 3.63) is 0 Å². The van der Waals surface area contributed by atoms with Gasteiger partial charge in [-0.3, -0.25) is 4.79 Å². The van der Waals surface area contributed by atoms with Crippen LogP contribution in [0, 0.1) is 11.3 Å². The SMILES string of the molecule is C[SiH](C)OC1CC(C(C)(C)C)CCC1=O. The number of rotatable bonds is 2. The van der Waals surface area contributed by atoms with E-state index in [2.05, 4.69) is 33.9 Å². The highest BCUT2D eigenvalue weighted by Gasteiger charge is 2.35. The first-order chi connectivity index (χ1) is 6.80. The maximum atomic E-state index is 11.7. The quantitative estimate of drug-likeness (QED) is 0.679. The van der Waals surface area contributed by atoms with Crippen molar-refractivity contribution in [3.63, 3.8) is 0 Å². The van der Waals surface area contributed by atoms with E-state index in [1.807, 2.05) is 0 Å². The van der Waals surface area contributed by atoms with Gasteiger partial charge in [0.05, 0.1) is 0 Å². The molecule has 0 aromatic rings. The Kier molecular flexibility index (Phi) is 4.12. The minimum Gasteiger partial charge on any atom is -0.411 e. The van der Waals surface area contributed by atoms with Crippen molar-refractivity contribution >= 4 is 14.8 Å². The standard InChI is InChI=1S/C12H24O2Si/c1-12(2,3)9-6-7-10(13)11(8-9)14-15(4)5/h9,11,15H,6-8H2,1-5H3. The van der Waals surface area contributed by atoms with E-state index >= 15 is 0 Å². The van der Waals surface area contributed by atoms with Gasteiger partial charge in [0.25, 0.3) is 0 Å². The zero-order valence-electron chi connectivity index (χ0n) is 10.7. The van der Waals surface area contributed by atoms with Crippen LogP contribution in [-0.4, -0.2) is 20.9 Å². The molecule has 1 saturated carbocycles. The summed E-state index contributed by atoms with van der Waals surface area (Å²) in [6.07, 6.45) is 2.61. The molecule has 0 N–H and O–H groups in total. The second kappa shape index (κ2) is 4.79. The molecule has 0 bridgehead atoms. The lowest BCUT2D eigenvalue weighted by Crippen LogP contribution is -2.38. The van der Waals surface area contributed by atoms with E-state index < -0.39 is 9.04 Å². The van der Waals surface area contributed by atoms with Crippen LogP contribution >= 0.6 is 0 Å². The van der Waals surface area contributed by atoms with E-state index in [0.717, 1.165) is 12.8 Å². The Morgan fingerprint density at radius 2 is 1.93 bits per heavy atom. The van der Waals surface area contributed by atoms with Gasteiger partial charge < -0.3 is 4.43 Å². The van der Waals surface area contributed by atoms with Crippen LogP contribution in [-0.2, 0) is 9.22 Å². The summed E-state index contributed by atoms with van der Waals surface area (Å²) in [6, 6.07) is 0. The van der Waals surface area contributed by atoms with Gasteiger partial charge in [-0.2, -0.15) is 0 Å². The average Bonchev–Trinajstić information content (AvgIpc) is 2.06. The zero-order valence-corrected chi connectivity index (χ0v) is 11.8. The molecule has 88 valence electrons. The van der Waals surface area contributed by atoms with Gasteiger partial charge in [0.2, 0.25) is 0 Å². The van der Waals surface area contributed by atoms with Crippen molar-refractivity contribution in [3.8, 4) is 0 Å². The molecular formula is C12H24O2Si. The van der Waals surface area contributed by atoms with Gasteiger partial charge in [0.1, 0.15) is 6.10 Å². The van der Waals surface area contributed by atoms with Crippen LogP contribution in [0.15, 0.2) is 0 Å². The normalized spacial score (nSPS) is 28.5. The van der Waals surface area contributed by atoms with Gasteiger partial charge in [0, 0.05) is 6.42 Å². The summed E-state index contributed by atoms with van der Waals surface area (Å²) in [5, 5.41) is 0. The first kappa shape index (κ1) is 12.9. The summed E-state index contributed by atoms with van der Waals surface area (Å²) >= 11 is 0. The highest BCUT2D eigenvalue weighted by molar-refractivity contribution is 6.48. The molecule has 2 atom stereocenters. The lowest BCUT2D eigenvalue weighted by molar-refractivity contribution is -0.130. The number of carbonyl (C=O) groups excluding carboxylic acids is 1. The maximum Gasteiger partial charge on any atom is 0.171 e. The molecule has 0 aromatic heterocycles. The Labute approximate surface area is 95.1 Å². The Bertz CT molecular complexity index is 230. The summed E-state index contributed by atoms with van der Waals surface area (Å²) in [4.78, 5) is 11.7. The molecule has 0 spiro atoms. The van der Waals surface area contributed by atoms with Crippen LogP contribution in [0.1, 0.15) is 40.0 Å².